The molecule has 0 aliphatic rings. The van der Waals surface area contributed by atoms with E-state index in [0.29, 0.717) is 17.7 Å². The molecular weight excluding hydrogens is 352 g/mol. The first kappa shape index (κ1) is 19.2. The summed E-state index contributed by atoms with van der Waals surface area (Å²) in [4.78, 5) is 12.2. The second-order valence-corrected chi connectivity index (χ2v) is 6.35. The molecule has 0 aromatic heterocycles. The number of benzene rings is 3. The van der Waals surface area contributed by atoms with Crippen molar-refractivity contribution < 1.29 is 14.6 Å². The molecule has 3 aromatic rings. The number of phenols is 1. The van der Waals surface area contributed by atoms with Gasteiger partial charge in [0.25, 0.3) is 5.91 Å². The highest BCUT2D eigenvalue weighted by molar-refractivity contribution is 5.87. The lowest BCUT2D eigenvalue weighted by Gasteiger charge is -2.13. The highest BCUT2D eigenvalue weighted by atomic mass is 16.5. The van der Waals surface area contributed by atoms with Crippen molar-refractivity contribution in [1.29, 1.82) is 0 Å². The van der Waals surface area contributed by atoms with Crippen molar-refractivity contribution in [3.05, 3.63) is 84.4 Å². The second kappa shape index (κ2) is 8.86. The zero-order chi connectivity index (χ0) is 19.9. The van der Waals surface area contributed by atoms with Crippen LogP contribution < -0.4 is 10.2 Å². The Hall–Kier alpha value is -3.60. The largest absolute Gasteiger partial charge is 0.507 e. The van der Waals surface area contributed by atoms with Crippen molar-refractivity contribution in [3.63, 3.8) is 0 Å². The molecule has 3 rings (SSSR count). The van der Waals surface area contributed by atoms with Crippen LogP contribution in [-0.4, -0.2) is 23.3 Å². The van der Waals surface area contributed by atoms with Gasteiger partial charge in [-0.05, 0) is 47.9 Å². The predicted molar refractivity (Wildman–Crippen MR) is 112 cm³/mol. The van der Waals surface area contributed by atoms with Gasteiger partial charge in [0.1, 0.15) is 11.5 Å². The molecule has 0 saturated heterocycles. The Kier molecular flexibility index (Phi) is 6.07. The van der Waals surface area contributed by atoms with E-state index < -0.39 is 6.10 Å². The number of phenolic OH excluding ortho intramolecular Hbond substituents is 1. The zero-order valence-electron chi connectivity index (χ0n) is 15.6. The molecule has 1 atom stereocenters. The number of hydrazone groups is 1. The first-order valence-electron chi connectivity index (χ1n) is 8.98. The summed E-state index contributed by atoms with van der Waals surface area (Å²) in [5.74, 6) is 0.354. The molecule has 142 valence electrons. The van der Waals surface area contributed by atoms with Crippen LogP contribution in [0.25, 0.3) is 10.8 Å². The van der Waals surface area contributed by atoms with E-state index in [1.54, 1.807) is 19.1 Å². The standard InChI is InChI=1S/C23H22N2O3/c1-3-7-18-10-6-11-20(22(18)26)15-24-25-23(27)16(2)28-21-13-12-17-8-4-5-9-19(17)14-21/h3-6,8-16,26H,1,7H2,2H3,(H,25,27). The summed E-state index contributed by atoms with van der Waals surface area (Å²) in [6.45, 7) is 5.32. The van der Waals surface area contributed by atoms with Gasteiger partial charge in [0.15, 0.2) is 6.10 Å². The molecule has 3 aromatic carbocycles. The number of hydrogen-bond donors (Lipinski definition) is 2. The summed E-state index contributed by atoms with van der Waals surface area (Å²) < 4.78 is 5.72. The van der Waals surface area contributed by atoms with E-state index >= 15 is 0 Å². The number of nitrogens with one attached hydrogen (secondary N) is 1. The molecule has 0 aliphatic heterocycles. The molecule has 0 fully saturated rings. The number of amides is 1. The maximum Gasteiger partial charge on any atom is 0.280 e. The monoisotopic (exact) mass is 374 g/mol. The van der Waals surface area contributed by atoms with E-state index in [1.807, 2.05) is 54.6 Å². The molecule has 1 unspecified atom stereocenters. The number of fused-ring (bicyclic) bond motifs is 1. The number of allylic oxidation sites excluding steroid dienone is 1. The molecule has 5 nitrogen and oxygen atoms in total. The van der Waals surface area contributed by atoms with Crippen molar-refractivity contribution in [1.82, 2.24) is 5.43 Å². The van der Waals surface area contributed by atoms with Crippen LogP contribution in [0.5, 0.6) is 11.5 Å². The topological polar surface area (TPSA) is 70.9 Å². The fourth-order valence-corrected chi connectivity index (χ4v) is 2.79. The van der Waals surface area contributed by atoms with Gasteiger partial charge in [0.05, 0.1) is 6.21 Å². The molecule has 2 N–H and O–H groups in total. The summed E-state index contributed by atoms with van der Waals surface area (Å²) in [6, 6.07) is 19.0. The van der Waals surface area contributed by atoms with Gasteiger partial charge >= 0.3 is 0 Å². The van der Waals surface area contributed by atoms with E-state index in [-0.39, 0.29) is 11.7 Å². The molecule has 0 radical (unpaired) electrons. The van der Waals surface area contributed by atoms with E-state index in [4.69, 9.17) is 4.74 Å². The Labute approximate surface area is 164 Å². The molecule has 0 saturated carbocycles. The first-order chi connectivity index (χ1) is 13.6. The Morgan fingerprint density at radius 3 is 2.75 bits per heavy atom. The van der Waals surface area contributed by atoms with Crippen LogP contribution in [0.3, 0.4) is 0 Å². The second-order valence-electron chi connectivity index (χ2n) is 6.35. The van der Waals surface area contributed by atoms with Crippen LogP contribution in [0.2, 0.25) is 0 Å². The maximum atomic E-state index is 12.2. The minimum absolute atomic E-state index is 0.126. The predicted octanol–water partition coefficient (Wildman–Crippen LogP) is 4.19. The summed E-state index contributed by atoms with van der Waals surface area (Å²) in [7, 11) is 0. The fraction of sp³-hybridized carbons (Fsp3) is 0.130. The van der Waals surface area contributed by atoms with Gasteiger partial charge in [-0.1, -0.05) is 48.5 Å². The van der Waals surface area contributed by atoms with Crippen molar-refractivity contribution in [2.45, 2.75) is 19.4 Å². The van der Waals surface area contributed by atoms with E-state index in [0.717, 1.165) is 16.3 Å². The van der Waals surface area contributed by atoms with Gasteiger partial charge < -0.3 is 9.84 Å². The van der Waals surface area contributed by atoms with Crippen LogP contribution in [-0.2, 0) is 11.2 Å². The third kappa shape index (κ3) is 4.57. The average Bonchev–Trinajstić information content (AvgIpc) is 2.70. The van der Waals surface area contributed by atoms with Gasteiger partial charge in [0, 0.05) is 5.56 Å². The molecule has 0 bridgehead atoms. The lowest BCUT2D eigenvalue weighted by atomic mass is 10.1. The number of carbonyl (C=O) groups is 1. The molecule has 5 heteroatoms. The Morgan fingerprint density at radius 1 is 1.18 bits per heavy atom. The number of aromatic hydroxyl groups is 1. The van der Waals surface area contributed by atoms with Crippen molar-refractivity contribution in [3.8, 4) is 11.5 Å². The lowest BCUT2D eigenvalue weighted by Crippen LogP contribution is -2.33. The van der Waals surface area contributed by atoms with Crippen LogP contribution in [0.1, 0.15) is 18.1 Å². The molecule has 28 heavy (non-hydrogen) atoms. The quantitative estimate of drug-likeness (QED) is 0.370. The number of ether oxygens (including phenoxy) is 1. The SMILES string of the molecule is C=CCc1cccc(C=NNC(=O)C(C)Oc2ccc3ccccc3c2)c1O. The van der Waals surface area contributed by atoms with Crippen LogP contribution in [0, 0.1) is 0 Å². The molecule has 1 amide bonds. The zero-order valence-corrected chi connectivity index (χ0v) is 15.6. The summed E-state index contributed by atoms with van der Waals surface area (Å²) >= 11 is 0. The molecule has 0 aliphatic carbocycles. The average molecular weight is 374 g/mol. The van der Waals surface area contributed by atoms with Gasteiger partial charge in [0.2, 0.25) is 0 Å². The minimum atomic E-state index is -0.723. The summed E-state index contributed by atoms with van der Waals surface area (Å²) in [5, 5.41) is 16.3. The van der Waals surface area contributed by atoms with Crippen molar-refractivity contribution >= 4 is 22.9 Å². The normalized spacial score (nSPS) is 12.0. The third-order valence-electron chi connectivity index (χ3n) is 4.30. The lowest BCUT2D eigenvalue weighted by molar-refractivity contribution is -0.127. The minimum Gasteiger partial charge on any atom is -0.507 e. The summed E-state index contributed by atoms with van der Waals surface area (Å²) in [6.07, 6.45) is 2.95. The highest BCUT2D eigenvalue weighted by Gasteiger charge is 2.14. The number of para-hydroxylation sites is 1. The van der Waals surface area contributed by atoms with Crippen LogP contribution in [0.15, 0.2) is 78.4 Å². The Bertz CT molecular complexity index is 1030. The fourth-order valence-electron chi connectivity index (χ4n) is 2.79. The van der Waals surface area contributed by atoms with E-state index in [1.165, 1.54) is 6.21 Å². The number of rotatable bonds is 7. The third-order valence-corrected chi connectivity index (χ3v) is 4.30. The number of carbonyl (C=O) groups excluding carboxylic acids is 1. The van der Waals surface area contributed by atoms with E-state index in [9.17, 15) is 9.90 Å². The molecular formula is C23H22N2O3. The smallest absolute Gasteiger partial charge is 0.280 e. The Morgan fingerprint density at radius 2 is 1.96 bits per heavy atom. The van der Waals surface area contributed by atoms with Crippen LogP contribution in [0.4, 0.5) is 0 Å². The van der Waals surface area contributed by atoms with Gasteiger partial charge in [-0.15, -0.1) is 6.58 Å². The van der Waals surface area contributed by atoms with Crippen molar-refractivity contribution in [2.24, 2.45) is 5.10 Å². The summed E-state index contributed by atoms with van der Waals surface area (Å²) in [5.41, 5.74) is 3.71. The number of nitrogens with zero attached hydrogens (tertiary/aromatic N) is 1. The van der Waals surface area contributed by atoms with Crippen LogP contribution >= 0.6 is 0 Å². The van der Waals surface area contributed by atoms with Gasteiger partial charge in [-0.2, -0.15) is 5.10 Å². The van der Waals surface area contributed by atoms with E-state index in [2.05, 4.69) is 17.1 Å². The maximum absolute atomic E-state index is 12.2. The van der Waals surface area contributed by atoms with Gasteiger partial charge in [-0.25, -0.2) is 5.43 Å². The Balaban J connectivity index is 1.61. The molecule has 0 spiro atoms. The molecule has 0 heterocycles. The van der Waals surface area contributed by atoms with Crippen molar-refractivity contribution in [2.75, 3.05) is 0 Å². The highest BCUT2D eigenvalue weighted by Crippen LogP contribution is 2.22. The number of hydrogen-bond acceptors (Lipinski definition) is 4. The van der Waals surface area contributed by atoms with Gasteiger partial charge in [-0.3, -0.25) is 4.79 Å². The first-order valence-corrected chi connectivity index (χ1v) is 8.98.